The first-order valence-electron chi connectivity index (χ1n) is 8.61. The van der Waals surface area contributed by atoms with Crippen LogP contribution in [0.1, 0.15) is 18.4 Å². The molecule has 1 aromatic carbocycles. The molecule has 1 aliphatic heterocycles. The van der Waals surface area contributed by atoms with Crippen LogP contribution in [0.15, 0.2) is 30.6 Å². The number of hydrogen-bond donors (Lipinski definition) is 0. The molecule has 0 atom stereocenters. The van der Waals surface area contributed by atoms with Crippen LogP contribution < -0.4 is 9.64 Å². The maximum atomic E-state index is 11.7. The van der Waals surface area contributed by atoms with Gasteiger partial charge in [0.1, 0.15) is 12.1 Å². The molecule has 0 bridgehead atoms. The van der Waals surface area contributed by atoms with E-state index in [1.807, 2.05) is 31.0 Å². The van der Waals surface area contributed by atoms with Gasteiger partial charge in [-0.3, -0.25) is 10.1 Å². The smallest absolute Gasteiger partial charge is 0.373 e. The fourth-order valence-electron chi connectivity index (χ4n) is 3.12. The molecular formula is C18H23N5O3. The molecule has 0 amide bonds. The van der Waals surface area contributed by atoms with Crippen molar-refractivity contribution in [3.05, 3.63) is 46.3 Å². The molecule has 0 saturated carbocycles. The fraction of sp³-hybridized carbons (Fsp3) is 0.444. The molecule has 0 unspecified atom stereocenters. The second kappa shape index (κ2) is 7.65. The Morgan fingerprint density at radius 1 is 1.23 bits per heavy atom. The molecule has 3 rings (SSSR count). The number of rotatable bonds is 5. The number of piperidine rings is 1. The fourth-order valence-corrected chi connectivity index (χ4v) is 3.12. The SMILES string of the molecule is Cc1ccc(Oc2ncnc(N(C)C3CCN(C)CC3)c2[N+](=O)[O-])cc1. The van der Waals surface area contributed by atoms with Crippen LogP contribution in [0.3, 0.4) is 0 Å². The van der Waals surface area contributed by atoms with Gasteiger partial charge in [-0.1, -0.05) is 17.7 Å². The Morgan fingerprint density at radius 2 is 1.88 bits per heavy atom. The van der Waals surface area contributed by atoms with Crippen molar-refractivity contribution >= 4 is 11.5 Å². The monoisotopic (exact) mass is 357 g/mol. The summed E-state index contributed by atoms with van der Waals surface area (Å²) >= 11 is 0. The van der Waals surface area contributed by atoms with Gasteiger partial charge >= 0.3 is 11.6 Å². The molecule has 2 heterocycles. The van der Waals surface area contributed by atoms with Crippen molar-refractivity contribution in [2.24, 2.45) is 0 Å². The van der Waals surface area contributed by atoms with E-state index < -0.39 is 4.92 Å². The number of anilines is 1. The number of likely N-dealkylation sites (tertiary alicyclic amines) is 1. The number of aromatic nitrogens is 2. The molecule has 0 spiro atoms. The highest BCUT2D eigenvalue weighted by Gasteiger charge is 2.31. The summed E-state index contributed by atoms with van der Waals surface area (Å²) in [4.78, 5) is 23.6. The van der Waals surface area contributed by atoms with E-state index in [0.29, 0.717) is 11.6 Å². The van der Waals surface area contributed by atoms with Crippen molar-refractivity contribution in [1.29, 1.82) is 0 Å². The zero-order valence-corrected chi connectivity index (χ0v) is 15.3. The average Bonchev–Trinajstić information content (AvgIpc) is 2.63. The van der Waals surface area contributed by atoms with E-state index in [2.05, 4.69) is 21.9 Å². The Bertz CT molecular complexity index is 773. The van der Waals surface area contributed by atoms with E-state index >= 15 is 0 Å². The van der Waals surface area contributed by atoms with Gasteiger partial charge in [-0.25, -0.2) is 4.98 Å². The van der Waals surface area contributed by atoms with Crippen LogP contribution in [0.25, 0.3) is 0 Å². The van der Waals surface area contributed by atoms with Crippen molar-refractivity contribution in [2.45, 2.75) is 25.8 Å². The van der Waals surface area contributed by atoms with E-state index in [1.165, 1.54) is 6.33 Å². The number of nitro groups is 1. The summed E-state index contributed by atoms with van der Waals surface area (Å²) in [6.45, 7) is 3.88. The zero-order valence-electron chi connectivity index (χ0n) is 15.3. The van der Waals surface area contributed by atoms with E-state index in [9.17, 15) is 10.1 Å². The molecule has 0 radical (unpaired) electrons. The summed E-state index contributed by atoms with van der Waals surface area (Å²) in [7, 11) is 3.93. The Hall–Kier alpha value is -2.74. The van der Waals surface area contributed by atoms with E-state index in [0.717, 1.165) is 31.5 Å². The van der Waals surface area contributed by atoms with Crippen LogP contribution in [0, 0.1) is 17.0 Å². The zero-order chi connectivity index (χ0) is 18.7. The summed E-state index contributed by atoms with van der Waals surface area (Å²) in [5.41, 5.74) is 0.881. The Balaban J connectivity index is 1.90. The second-order valence-corrected chi connectivity index (χ2v) is 6.67. The lowest BCUT2D eigenvalue weighted by atomic mass is 10.0. The minimum atomic E-state index is -0.468. The molecule has 1 aliphatic rings. The molecule has 1 saturated heterocycles. The first-order chi connectivity index (χ1) is 12.5. The summed E-state index contributed by atoms with van der Waals surface area (Å²) in [6.07, 6.45) is 3.18. The predicted molar refractivity (Wildman–Crippen MR) is 98.9 cm³/mol. The number of aryl methyl sites for hydroxylation is 1. The summed E-state index contributed by atoms with van der Waals surface area (Å²) in [5.74, 6) is 0.760. The first-order valence-corrected chi connectivity index (χ1v) is 8.61. The molecule has 26 heavy (non-hydrogen) atoms. The van der Waals surface area contributed by atoms with Crippen molar-refractivity contribution in [1.82, 2.24) is 14.9 Å². The second-order valence-electron chi connectivity index (χ2n) is 6.67. The van der Waals surface area contributed by atoms with Gasteiger partial charge in [0.05, 0.1) is 4.92 Å². The van der Waals surface area contributed by atoms with Crippen molar-refractivity contribution in [3.63, 3.8) is 0 Å². The van der Waals surface area contributed by atoms with Crippen molar-refractivity contribution in [3.8, 4) is 11.6 Å². The van der Waals surface area contributed by atoms with Crippen LogP contribution in [0.4, 0.5) is 11.5 Å². The topological polar surface area (TPSA) is 84.6 Å². The standard InChI is InChI=1S/C18H23N5O3/c1-13-4-6-15(7-5-13)26-18-16(23(24)25)17(19-12-20-18)22(3)14-8-10-21(2)11-9-14/h4-7,12,14H,8-11H2,1-3H3. The number of benzene rings is 1. The largest absolute Gasteiger partial charge is 0.434 e. The van der Waals surface area contributed by atoms with Crippen LogP contribution >= 0.6 is 0 Å². The highest BCUT2D eigenvalue weighted by molar-refractivity contribution is 5.63. The molecule has 8 heteroatoms. The minimum absolute atomic E-state index is 0.0383. The highest BCUT2D eigenvalue weighted by Crippen LogP contribution is 2.37. The van der Waals surface area contributed by atoms with Gasteiger partial charge in [0.25, 0.3) is 0 Å². The van der Waals surface area contributed by atoms with Crippen LogP contribution in [0.2, 0.25) is 0 Å². The summed E-state index contributed by atoms with van der Waals surface area (Å²) in [6, 6.07) is 7.50. The molecule has 0 N–H and O–H groups in total. The Labute approximate surface area is 152 Å². The first kappa shape index (κ1) is 18.1. The average molecular weight is 357 g/mol. The minimum Gasteiger partial charge on any atom is -0.434 e. The lowest BCUT2D eigenvalue weighted by Gasteiger charge is -2.35. The van der Waals surface area contributed by atoms with Crippen LogP contribution in [-0.2, 0) is 0 Å². The number of nitrogens with zero attached hydrogens (tertiary/aromatic N) is 5. The normalized spacial score (nSPS) is 15.7. The van der Waals surface area contributed by atoms with Gasteiger partial charge in [0.2, 0.25) is 5.82 Å². The van der Waals surface area contributed by atoms with Crippen molar-refractivity contribution < 1.29 is 9.66 Å². The van der Waals surface area contributed by atoms with Gasteiger partial charge in [-0.2, -0.15) is 4.98 Å². The van der Waals surface area contributed by atoms with Gasteiger partial charge in [0.15, 0.2) is 0 Å². The van der Waals surface area contributed by atoms with Gasteiger partial charge < -0.3 is 14.5 Å². The predicted octanol–water partition coefficient (Wildman–Crippen LogP) is 3.02. The van der Waals surface area contributed by atoms with Gasteiger partial charge in [-0.15, -0.1) is 0 Å². The number of ether oxygens (including phenoxy) is 1. The lowest BCUT2D eigenvalue weighted by molar-refractivity contribution is -0.385. The van der Waals surface area contributed by atoms with E-state index in [4.69, 9.17) is 4.74 Å². The van der Waals surface area contributed by atoms with Crippen LogP contribution in [0.5, 0.6) is 11.6 Å². The Kier molecular flexibility index (Phi) is 5.32. The lowest BCUT2D eigenvalue weighted by Crippen LogP contribution is -2.42. The van der Waals surface area contributed by atoms with E-state index in [-0.39, 0.29) is 17.6 Å². The third-order valence-corrected chi connectivity index (χ3v) is 4.76. The highest BCUT2D eigenvalue weighted by atomic mass is 16.6. The third-order valence-electron chi connectivity index (χ3n) is 4.76. The summed E-state index contributed by atoms with van der Waals surface area (Å²) in [5, 5.41) is 11.7. The molecular weight excluding hydrogens is 334 g/mol. The molecule has 138 valence electrons. The van der Waals surface area contributed by atoms with Crippen molar-refractivity contribution in [2.75, 3.05) is 32.1 Å². The molecule has 8 nitrogen and oxygen atoms in total. The van der Waals surface area contributed by atoms with E-state index in [1.54, 1.807) is 12.1 Å². The summed E-state index contributed by atoms with van der Waals surface area (Å²) < 4.78 is 5.69. The quantitative estimate of drug-likeness (QED) is 0.600. The molecule has 0 aliphatic carbocycles. The third kappa shape index (κ3) is 3.91. The molecule has 1 fully saturated rings. The Morgan fingerprint density at radius 3 is 2.50 bits per heavy atom. The van der Waals surface area contributed by atoms with Gasteiger partial charge in [0, 0.05) is 13.1 Å². The number of hydrogen-bond acceptors (Lipinski definition) is 7. The van der Waals surface area contributed by atoms with Gasteiger partial charge in [-0.05, 0) is 52.0 Å². The van der Waals surface area contributed by atoms with Crippen LogP contribution in [-0.4, -0.2) is 53.0 Å². The molecule has 2 aromatic rings. The maximum Gasteiger partial charge on any atom is 0.373 e. The maximum absolute atomic E-state index is 11.7. The molecule has 1 aromatic heterocycles.